The average molecular weight is 416 g/mol. The van der Waals surface area contributed by atoms with E-state index in [0.717, 1.165) is 29.7 Å². The molecule has 0 aliphatic heterocycles. The average Bonchev–Trinajstić information content (AvgIpc) is 3.00. The molecule has 7 nitrogen and oxygen atoms in total. The van der Waals surface area contributed by atoms with E-state index < -0.39 is 5.56 Å². The van der Waals surface area contributed by atoms with Gasteiger partial charge in [-0.1, -0.05) is 50.0 Å². The highest BCUT2D eigenvalue weighted by Crippen LogP contribution is 2.28. The van der Waals surface area contributed by atoms with E-state index in [2.05, 4.69) is 17.0 Å². The van der Waals surface area contributed by atoms with Crippen molar-refractivity contribution < 1.29 is 9.47 Å². The lowest BCUT2D eigenvalue weighted by Crippen LogP contribution is -2.27. The number of hydrogen-bond acceptors (Lipinski definition) is 7. The van der Waals surface area contributed by atoms with Gasteiger partial charge in [-0.05, 0) is 37.1 Å². The highest BCUT2D eigenvalue weighted by molar-refractivity contribution is 7.15. The lowest BCUT2D eigenvalue weighted by atomic mass is 10.1. The molecular weight excluding hydrogens is 390 g/mol. The minimum Gasteiger partial charge on any atom is -0.493 e. The van der Waals surface area contributed by atoms with Gasteiger partial charge in [0.05, 0.1) is 18.2 Å². The molecule has 154 valence electrons. The molecule has 2 aromatic heterocycles. The van der Waals surface area contributed by atoms with Gasteiger partial charge >= 0.3 is 0 Å². The Kier molecular flexibility index (Phi) is 6.98. The molecule has 0 atom stereocenters. The molecule has 0 bridgehead atoms. The highest BCUT2D eigenvalue weighted by Gasteiger charge is 2.09. The van der Waals surface area contributed by atoms with Crippen molar-refractivity contribution in [1.29, 1.82) is 0 Å². The lowest BCUT2D eigenvalue weighted by Gasteiger charge is -2.11. The van der Waals surface area contributed by atoms with E-state index in [0.29, 0.717) is 22.6 Å². The van der Waals surface area contributed by atoms with Crippen molar-refractivity contribution >= 4 is 22.4 Å². The first-order valence-electron chi connectivity index (χ1n) is 9.76. The number of ether oxygens (including phenoxy) is 2. The molecule has 2 heterocycles. The molecule has 0 spiro atoms. The van der Waals surface area contributed by atoms with Gasteiger partial charge in [-0.2, -0.15) is 14.6 Å². The summed E-state index contributed by atoms with van der Waals surface area (Å²) in [5, 5.41) is 4.02. The van der Waals surface area contributed by atoms with Gasteiger partial charge in [-0.15, -0.1) is 0 Å². The smallest absolute Gasteiger partial charge is 0.295 e. The number of nitrogens with zero attached hydrogens (tertiary/aromatic N) is 3. The molecule has 0 radical (unpaired) electrons. The van der Waals surface area contributed by atoms with E-state index in [1.165, 1.54) is 30.7 Å². The summed E-state index contributed by atoms with van der Waals surface area (Å²) in [6, 6.07) is 5.54. The number of aryl methyl sites for hydroxylation is 1. The normalized spacial score (nSPS) is 11.9. The van der Waals surface area contributed by atoms with Gasteiger partial charge in [0, 0.05) is 0 Å². The van der Waals surface area contributed by atoms with Crippen LogP contribution in [0.1, 0.15) is 50.3 Å². The van der Waals surface area contributed by atoms with Crippen LogP contribution in [-0.4, -0.2) is 28.3 Å². The summed E-state index contributed by atoms with van der Waals surface area (Å²) in [5.41, 5.74) is 0.268. The maximum Gasteiger partial charge on any atom is 0.295 e. The predicted octanol–water partition coefficient (Wildman–Crippen LogP) is 2.73. The standard InChI is InChI=1S/C21H25N3O4S/c1-4-5-6-7-8-11-28-16-10-9-15(12-17(16)27-3)13-18-20(26)24-21(29-18)22-19(25)14(2)23-24/h9-10,12-13H,4-8,11H2,1-3H3. The minimum absolute atomic E-state index is 0.196. The fourth-order valence-electron chi connectivity index (χ4n) is 2.92. The Morgan fingerprint density at radius 3 is 2.69 bits per heavy atom. The van der Waals surface area contributed by atoms with Gasteiger partial charge in [0.25, 0.3) is 11.1 Å². The SMILES string of the molecule is CCCCCCCOc1ccc(C=c2sc3nc(=O)c(C)nn3c2=O)cc1OC. The fourth-order valence-corrected chi connectivity index (χ4v) is 3.82. The Hall–Kier alpha value is -2.74. The van der Waals surface area contributed by atoms with Crippen molar-refractivity contribution in [3.8, 4) is 11.5 Å². The third kappa shape index (κ3) is 5.00. The zero-order valence-electron chi connectivity index (χ0n) is 16.9. The van der Waals surface area contributed by atoms with Crippen LogP contribution in [0.4, 0.5) is 0 Å². The second-order valence-electron chi connectivity index (χ2n) is 6.79. The van der Waals surface area contributed by atoms with Gasteiger partial charge in [-0.25, -0.2) is 0 Å². The highest BCUT2D eigenvalue weighted by atomic mass is 32.1. The number of methoxy groups -OCH3 is 1. The molecule has 0 unspecified atom stereocenters. The Bertz CT molecular complexity index is 1150. The van der Waals surface area contributed by atoms with Crippen LogP contribution < -0.4 is 25.1 Å². The Labute approximate surface area is 172 Å². The van der Waals surface area contributed by atoms with E-state index in [4.69, 9.17) is 9.47 Å². The Morgan fingerprint density at radius 2 is 1.93 bits per heavy atom. The number of hydrogen-bond donors (Lipinski definition) is 0. The zero-order valence-corrected chi connectivity index (χ0v) is 17.8. The summed E-state index contributed by atoms with van der Waals surface area (Å²) >= 11 is 1.13. The summed E-state index contributed by atoms with van der Waals surface area (Å²) in [6.07, 6.45) is 7.61. The maximum absolute atomic E-state index is 12.5. The third-order valence-corrected chi connectivity index (χ3v) is 5.49. The van der Waals surface area contributed by atoms with Crippen molar-refractivity contribution in [2.24, 2.45) is 0 Å². The third-order valence-electron chi connectivity index (χ3n) is 4.53. The quantitative estimate of drug-likeness (QED) is 0.500. The van der Waals surface area contributed by atoms with Crippen molar-refractivity contribution in [1.82, 2.24) is 14.6 Å². The number of fused-ring (bicyclic) bond motifs is 1. The van der Waals surface area contributed by atoms with Crippen LogP contribution in [0.3, 0.4) is 0 Å². The number of aromatic nitrogens is 3. The molecule has 0 saturated heterocycles. The van der Waals surface area contributed by atoms with E-state index >= 15 is 0 Å². The Balaban J connectivity index is 1.81. The van der Waals surface area contributed by atoms with Crippen LogP contribution in [0.2, 0.25) is 0 Å². The van der Waals surface area contributed by atoms with E-state index in [9.17, 15) is 9.59 Å². The molecule has 0 fully saturated rings. The number of benzene rings is 1. The number of unbranched alkanes of at least 4 members (excludes halogenated alkanes) is 4. The largest absolute Gasteiger partial charge is 0.493 e. The lowest BCUT2D eigenvalue weighted by molar-refractivity contribution is 0.285. The molecule has 1 aromatic carbocycles. The molecule has 8 heteroatoms. The summed E-state index contributed by atoms with van der Waals surface area (Å²) in [4.78, 5) is 28.4. The van der Waals surface area contributed by atoms with Gasteiger partial charge < -0.3 is 9.47 Å². The number of thiazole rings is 1. The minimum atomic E-state index is -0.421. The van der Waals surface area contributed by atoms with Gasteiger partial charge in [0.2, 0.25) is 4.96 Å². The summed E-state index contributed by atoms with van der Waals surface area (Å²) < 4.78 is 12.9. The predicted molar refractivity (Wildman–Crippen MR) is 114 cm³/mol. The molecule has 0 amide bonds. The molecule has 3 aromatic rings. The van der Waals surface area contributed by atoms with Crippen LogP contribution in [-0.2, 0) is 0 Å². The monoisotopic (exact) mass is 415 g/mol. The van der Waals surface area contributed by atoms with E-state index in [-0.39, 0.29) is 16.2 Å². The fraction of sp³-hybridized carbons (Fsp3) is 0.429. The van der Waals surface area contributed by atoms with E-state index in [1.54, 1.807) is 13.2 Å². The molecule has 0 N–H and O–H groups in total. The van der Waals surface area contributed by atoms with Crippen LogP contribution >= 0.6 is 11.3 Å². The molecular formula is C21H25N3O4S. The van der Waals surface area contributed by atoms with Crippen LogP contribution in [0, 0.1) is 6.92 Å². The number of rotatable bonds is 9. The molecule has 0 aliphatic rings. The van der Waals surface area contributed by atoms with Crippen molar-refractivity contribution in [3.05, 3.63) is 54.7 Å². The summed E-state index contributed by atoms with van der Waals surface area (Å²) in [6.45, 7) is 4.38. The molecule has 0 saturated carbocycles. The topological polar surface area (TPSA) is 82.8 Å². The first-order valence-corrected chi connectivity index (χ1v) is 10.6. The van der Waals surface area contributed by atoms with Gasteiger partial charge in [0.1, 0.15) is 5.69 Å². The first kappa shape index (κ1) is 21.0. The van der Waals surface area contributed by atoms with Crippen molar-refractivity contribution in [3.63, 3.8) is 0 Å². The maximum atomic E-state index is 12.5. The van der Waals surface area contributed by atoms with Gasteiger partial charge in [0.15, 0.2) is 11.5 Å². The molecule has 29 heavy (non-hydrogen) atoms. The van der Waals surface area contributed by atoms with Gasteiger partial charge in [-0.3, -0.25) is 9.59 Å². The second kappa shape index (κ2) is 9.65. The summed E-state index contributed by atoms with van der Waals surface area (Å²) in [5.74, 6) is 1.30. The van der Waals surface area contributed by atoms with Crippen molar-refractivity contribution in [2.45, 2.75) is 46.0 Å². The van der Waals surface area contributed by atoms with Crippen molar-refractivity contribution in [2.75, 3.05) is 13.7 Å². The molecule has 3 rings (SSSR count). The zero-order chi connectivity index (χ0) is 20.8. The first-order chi connectivity index (χ1) is 14.0. The second-order valence-corrected chi connectivity index (χ2v) is 7.79. The van der Waals surface area contributed by atoms with E-state index in [1.807, 2.05) is 18.2 Å². The van der Waals surface area contributed by atoms with Crippen LogP contribution in [0.5, 0.6) is 11.5 Å². The van der Waals surface area contributed by atoms with Crippen LogP contribution in [0.25, 0.3) is 11.0 Å². The van der Waals surface area contributed by atoms with Crippen LogP contribution in [0.15, 0.2) is 27.8 Å². The summed E-state index contributed by atoms with van der Waals surface area (Å²) in [7, 11) is 1.59. The molecule has 0 aliphatic carbocycles. The Morgan fingerprint density at radius 1 is 1.14 bits per heavy atom.